The second kappa shape index (κ2) is 8.27. The number of piperidine rings is 1. The largest absolute Gasteiger partial charge is 0.345 e. The molecule has 28 heavy (non-hydrogen) atoms. The highest BCUT2D eigenvalue weighted by molar-refractivity contribution is 7.99. The molecule has 1 atom stereocenters. The van der Waals surface area contributed by atoms with Gasteiger partial charge in [0.05, 0.1) is 10.9 Å². The van der Waals surface area contributed by atoms with Crippen LogP contribution in [0, 0.1) is 0 Å². The van der Waals surface area contributed by atoms with Crippen LogP contribution in [-0.2, 0) is 10.0 Å². The van der Waals surface area contributed by atoms with Crippen molar-refractivity contribution in [3.63, 3.8) is 0 Å². The Kier molecular flexibility index (Phi) is 5.75. The fraction of sp³-hybridized carbons (Fsp3) is 0.381. The first-order chi connectivity index (χ1) is 13.6. The van der Waals surface area contributed by atoms with Gasteiger partial charge in [-0.2, -0.15) is 4.31 Å². The lowest BCUT2D eigenvalue weighted by Gasteiger charge is -2.26. The molecule has 5 nitrogen and oxygen atoms in total. The highest BCUT2D eigenvalue weighted by atomic mass is 32.2. The van der Waals surface area contributed by atoms with Crippen molar-refractivity contribution in [2.45, 2.75) is 41.5 Å². The Morgan fingerprint density at radius 2 is 1.71 bits per heavy atom. The summed E-state index contributed by atoms with van der Waals surface area (Å²) < 4.78 is 27.0. The summed E-state index contributed by atoms with van der Waals surface area (Å²) >= 11 is 1.81. The van der Waals surface area contributed by atoms with E-state index in [-0.39, 0.29) is 16.8 Å². The van der Waals surface area contributed by atoms with Crippen LogP contribution in [0.15, 0.2) is 58.3 Å². The van der Waals surface area contributed by atoms with Gasteiger partial charge in [0.25, 0.3) is 5.91 Å². The molecule has 0 saturated carbocycles. The predicted molar refractivity (Wildman–Crippen MR) is 111 cm³/mol. The summed E-state index contributed by atoms with van der Waals surface area (Å²) in [6.07, 6.45) is 3.77. The molecule has 2 aromatic carbocycles. The highest BCUT2D eigenvalue weighted by Crippen LogP contribution is 2.36. The van der Waals surface area contributed by atoms with Crippen molar-refractivity contribution in [2.24, 2.45) is 0 Å². The van der Waals surface area contributed by atoms with Gasteiger partial charge in [0, 0.05) is 29.3 Å². The molecule has 0 spiro atoms. The van der Waals surface area contributed by atoms with E-state index >= 15 is 0 Å². The standard InChI is InChI=1S/C21H24N2O3S2/c24-21(22-19-12-15-27-20-7-3-2-6-18(19)20)16-8-10-17(11-9-16)28(25,26)23-13-4-1-5-14-23/h2-3,6-11,19H,1,4-5,12-15H2,(H,22,24). The summed E-state index contributed by atoms with van der Waals surface area (Å²) in [5.74, 6) is 0.795. The van der Waals surface area contributed by atoms with E-state index in [1.165, 1.54) is 4.90 Å². The van der Waals surface area contributed by atoms with Crippen LogP contribution in [-0.4, -0.2) is 37.5 Å². The maximum absolute atomic E-state index is 12.7. The number of hydrogen-bond acceptors (Lipinski definition) is 4. The average molecular weight is 417 g/mol. The number of carbonyl (C=O) groups excluding carboxylic acids is 1. The summed E-state index contributed by atoms with van der Waals surface area (Å²) in [7, 11) is -3.47. The fourth-order valence-corrected chi connectivity index (χ4v) is 6.41. The molecule has 2 aromatic rings. The quantitative estimate of drug-likeness (QED) is 0.823. The highest BCUT2D eigenvalue weighted by Gasteiger charge is 2.26. The normalized spacial score (nSPS) is 20.4. The van der Waals surface area contributed by atoms with Crippen LogP contribution in [0.2, 0.25) is 0 Å². The van der Waals surface area contributed by atoms with Crippen molar-refractivity contribution in [3.05, 3.63) is 59.7 Å². The SMILES string of the molecule is O=C(NC1CCSc2ccccc21)c1ccc(S(=O)(=O)N2CCCCC2)cc1. The number of fused-ring (bicyclic) bond motifs is 1. The van der Waals surface area contributed by atoms with E-state index in [1.807, 2.05) is 23.9 Å². The molecule has 7 heteroatoms. The third kappa shape index (κ3) is 3.97. The first-order valence-corrected chi connectivity index (χ1v) is 12.1. The second-order valence-electron chi connectivity index (χ2n) is 7.19. The van der Waals surface area contributed by atoms with Crippen LogP contribution in [0.1, 0.15) is 47.6 Å². The molecule has 0 bridgehead atoms. The lowest BCUT2D eigenvalue weighted by molar-refractivity contribution is 0.0935. The third-order valence-electron chi connectivity index (χ3n) is 5.33. The summed E-state index contributed by atoms with van der Waals surface area (Å²) in [4.78, 5) is 14.2. The Labute approximate surface area is 170 Å². The second-order valence-corrected chi connectivity index (χ2v) is 10.3. The zero-order valence-electron chi connectivity index (χ0n) is 15.6. The molecular weight excluding hydrogens is 392 g/mol. The Hall–Kier alpha value is -1.83. The molecule has 1 fully saturated rings. The number of rotatable bonds is 4. The number of carbonyl (C=O) groups is 1. The van der Waals surface area contributed by atoms with Gasteiger partial charge < -0.3 is 5.32 Å². The fourth-order valence-electron chi connectivity index (χ4n) is 3.77. The van der Waals surface area contributed by atoms with Crippen LogP contribution in [0.3, 0.4) is 0 Å². The first-order valence-electron chi connectivity index (χ1n) is 9.68. The van der Waals surface area contributed by atoms with Crippen molar-refractivity contribution in [2.75, 3.05) is 18.8 Å². The van der Waals surface area contributed by atoms with Gasteiger partial charge in [0.15, 0.2) is 0 Å². The minimum Gasteiger partial charge on any atom is -0.345 e. The van der Waals surface area contributed by atoms with Gasteiger partial charge >= 0.3 is 0 Å². The molecule has 1 saturated heterocycles. The van der Waals surface area contributed by atoms with E-state index in [0.717, 1.165) is 37.0 Å². The molecule has 0 aliphatic carbocycles. The maximum Gasteiger partial charge on any atom is 0.251 e. The smallest absolute Gasteiger partial charge is 0.251 e. The Morgan fingerprint density at radius 3 is 2.46 bits per heavy atom. The minimum absolute atomic E-state index is 0.0123. The topological polar surface area (TPSA) is 66.5 Å². The van der Waals surface area contributed by atoms with Crippen LogP contribution in [0.5, 0.6) is 0 Å². The lowest BCUT2D eigenvalue weighted by Crippen LogP contribution is -2.35. The number of nitrogens with one attached hydrogen (secondary N) is 1. The van der Waals surface area contributed by atoms with Gasteiger partial charge in [0.1, 0.15) is 0 Å². The number of hydrogen-bond donors (Lipinski definition) is 1. The van der Waals surface area contributed by atoms with Gasteiger partial charge in [-0.05, 0) is 55.2 Å². The number of amides is 1. The maximum atomic E-state index is 12.7. The van der Waals surface area contributed by atoms with Crippen LogP contribution >= 0.6 is 11.8 Å². The van der Waals surface area contributed by atoms with Gasteiger partial charge in [-0.3, -0.25) is 4.79 Å². The third-order valence-corrected chi connectivity index (χ3v) is 8.37. The molecule has 1 amide bonds. The van der Waals surface area contributed by atoms with Crippen molar-refractivity contribution in [3.8, 4) is 0 Å². The molecule has 0 radical (unpaired) electrons. The number of nitrogens with zero attached hydrogens (tertiary/aromatic N) is 1. The van der Waals surface area contributed by atoms with Crippen molar-refractivity contribution < 1.29 is 13.2 Å². The van der Waals surface area contributed by atoms with Crippen LogP contribution in [0.25, 0.3) is 0 Å². The van der Waals surface area contributed by atoms with Crippen molar-refractivity contribution in [1.82, 2.24) is 9.62 Å². The Bertz CT molecular complexity index is 952. The zero-order chi connectivity index (χ0) is 19.6. The van der Waals surface area contributed by atoms with Crippen LogP contribution < -0.4 is 5.32 Å². The molecule has 1 N–H and O–H groups in total. The van der Waals surface area contributed by atoms with Crippen LogP contribution in [0.4, 0.5) is 0 Å². The Balaban J connectivity index is 1.48. The van der Waals surface area contributed by atoms with Crippen molar-refractivity contribution >= 4 is 27.7 Å². The van der Waals surface area contributed by atoms with E-state index in [2.05, 4.69) is 17.4 Å². The molecule has 1 unspecified atom stereocenters. The molecule has 2 aliphatic heterocycles. The first kappa shape index (κ1) is 19.5. The van der Waals surface area contributed by atoms with Gasteiger partial charge in [-0.15, -0.1) is 11.8 Å². The van der Waals surface area contributed by atoms with Gasteiger partial charge in [-0.25, -0.2) is 8.42 Å². The summed E-state index contributed by atoms with van der Waals surface area (Å²) in [6.45, 7) is 1.15. The Morgan fingerprint density at radius 1 is 1.00 bits per heavy atom. The predicted octanol–water partition coefficient (Wildman–Crippen LogP) is 3.83. The molecule has 2 heterocycles. The van der Waals surface area contributed by atoms with Crippen molar-refractivity contribution in [1.29, 1.82) is 0 Å². The van der Waals surface area contributed by atoms with E-state index in [4.69, 9.17) is 0 Å². The molecule has 148 valence electrons. The lowest BCUT2D eigenvalue weighted by atomic mass is 10.0. The van der Waals surface area contributed by atoms with E-state index in [1.54, 1.807) is 28.6 Å². The number of thioether (sulfide) groups is 1. The van der Waals surface area contributed by atoms with Gasteiger partial charge in [-0.1, -0.05) is 24.6 Å². The van der Waals surface area contributed by atoms with Gasteiger partial charge in [0.2, 0.25) is 10.0 Å². The zero-order valence-corrected chi connectivity index (χ0v) is 17.3. The van der Waals surface area contributed by atoms with E-state index in [0.29, 0.717) is 18.7 Å². The summed E-state index contributed by atoms with van der Waals surface area (Å²) in [6, 6.07) is 14.4. The summed E-state index contributed by atoms with van der Waals surface area (Å²) in [5.41, 5.74) is 1.63. The van der Waals surface area contributed by atoms with E-state index < -0.39 is 10.0 Å². The minimum atomic E-state index is -3.47. The number of benzene rings is 2. The molecule has 4 rings (SSSR count). The molecule has 2 aliphatic rings. The van der Waals surface area contributed by atoms with E-state index in [9.17, 15) is 13.2 Å². The average Bonchev–Trinajstić information content (AvgIpc) is 2.75. The monoisotopic (exact) mass is 416 g/mol. The summed E-state index contributed by atoms with van der Waals surface area (Å²) in [5, 5.41) is 3.10. The molecule has 0 aromatic heterocycles. The number of sulfonamides is 1. The molecular formula is C21H24N2O3S2.